The lowest BCUT2D eigenvalue weighted by atomic mass is 10.1. The van der Waals surface area contributed by atoms with Gasteiger partial charge in [-0.15, -0.1) is 6.58 Å². The van der Waals surface area contributed by atoms with Crippen LogP contribution in [0.5, 0.6) is 0 Å². The summed E-state index contributed by atoms with van der Waals surface area (Å²) < 4.78 is 27.6. The summed E-state index contributed by atoms with van der Waals surface area (Å²) in [7, 11) is -1.90. The second-order valence-electron chi connectivity index (χ2n) is 7.74. The molecule has 0 aliphatic rings. The first-order chi connectivity index (χ1) is 15.3. The van der Waals surface area contributed by atoms with Crippen molar-refractivity contribution in [2.75, 3.05) is 13.6 Å². The highest BCUT2D eigenvalue weighted by molar-refractivity contribution is 7.89. The largest absolute Gasteiger partial charge is 0.337 e. The Morgan fingerprint density at radius 2 is 1.47 bits per heavy atom. The van der Waals surface area contributed by atoms with Gasteiger partial charge in [0.15, 0.2) is 0 Å². The van der Waals surface area contributed by atoms with Crippen LogP contribution in [0.25, 0.3) is 0 Å². The van der Waals surface area contributed by atoms with E-state index in [0.717, 1.165) is 16.7 Å². The maximum atomic E-state index is 13.1. The van der Waals surface area contributed by atoms with E-state index >= 15 is 0 Å². The van der Waals surface area contributed by atoms with Crippen molar-refractivity contribution in [2.24, 2.45) is 0 Å². The Labute approximate surface area is 190 Å². The molecule has 1 amide bonds. The quantitative estimate of drug-likeness (QED) is 0.448. The van der Waals surface area contributed by atoms with E-state index in [1.54, 1.807) is 66.6 Å². The smallest absolute Gasteiger partial charge is 0.253 e. The van der Waals surface area contributed by atoms with Crippen LogP contribution in [0, 0.1) is 6.92 Å². The summed E-state index contributed by atoms with van der Waals surface area (Å²) in [5, 5.41) is 0. The van der Waals surface area contributed by atoms with Crippen molar-refractivity contribution in [1.82, 2.24) is 9.21 Å². The van der Waals surface area contributed by atoms with Crippen LogP contribution < -0.4 is 0 Å². The van der Waals surface area contributed by atoms with Crippen molar-refractivity contribution in [2.45, 2.75) is 24.9 Å². The molecular weight excluding hydrogens is 420 g/mol. The summed E-state index contributed by atoms with van der Waals surface area (Å²) in [6.07, 6.45) is 1.57. The molecule has 0 spiro atoms. The topological polar surface area (TPSA) is 57.7 Å². The van der Waals surface area contributed by atoms with Crippen LogP contribution in [0.3, 0.4) is 0 Å². The van der Waals surface area contributed by atoms with Crippen LogP contribution in [0.2, 0.25) is 0 Å². The predicted octanol–water partition coefficient (Wildman–Crippen LogP) is 4.64. The van der Waals surface area contributed by atoms with Gasteiger partial charge in [-0.1, -0.05) is 66.2 Å². The first-order valence-corrected chi connectivity index (χ1v) is 11.8. The third kappa shape index (κ3) is 5.72. The molecule has 0 bridgehead atoms. The van der Waals surface area contributed by atoms with Crippen LogP contribution in [0.4, 0.5) is 0 Å². The van der Waals surface area contributed by atoms with Gasteiger partial charge < -0.3 is 4.90 Å². The Hall–Kier alpha value is -3.22. The van der Waals surface area contributed by atoms with Crippen LogP contribution in [-0.4, -0.2) is 37.1 Å². The first kappa shape index (κ1) is 23.4. The van der Waals surface area contributed by atoms with Crippen molar-refractivity contribution in [3.63, 3.8) is 0 Å². The van der Waals surface area contributed by atoms with Gasteiger partial charge in [0, 0.05) is 32.2 Å². The highest BCUT2D eigenvalue weighted by Gasteiger charge is 2.23. The molecule has 0 saturated carbocycles. The number of hydrogen-bond donors (Lipinski definition) is 0. The second kappa shape index (κ2) is 10.4. The molecule has 0 heterocycles. The van der Waals surface area contributed by atoms with Crippen molar-refractivity contribution >= 4 is 15.9 Å². The normalized spacial score (nSPS) is 11.3. The number of nitrogens with zero attached hydrogens (tertiary/aromatic N) is 2. The Bertz CT molecular complexity index is 1160. The van der Waals surface area contributed by atoms with E-state index in [2.05, 4.69) is 6.58 Å². The monoisotopic (exact) mass is 448 g/mol. The Balaban J connectivity index is 1.73. The molecule has 0 aliphatic heterocycles. The summed E-state index contributed by atoms with van der Waals surface area (Å²) in [5.41, 5.74) is 3.41. The Morgan fingerprint density at radius 3 is 2.06 bits per heavy atom. The number of amides is 1. The molecule has 0 radical (unpaired) electrons. The number of sulfonamides is 1. The number of aryl methyl sites for hydroxylation is 1. The molecule has 3 aromatic carbocycles. The van der Waals surface area contributed by atoms with Crippen molar-refractivity contribution < 1.29 is 13.2 Å². The fourth-order valence-corrected chi connectivity index (χ4v) is 4.76. The molecule has 0 aromatic heterocycles. The minimum absolute atomic E-state index is 0.0874. The Morgan fingerprint density at radius 1 is 0.875 bits per heavy atom. The standard InChI is InChI=1S/C26H28N2O3S/c1-4-18-28(32(30,31)25-16-10-21(2)11-17-25)20-23-12-14-24(15-13-23)26(29)27(3)19-22-8-6-5-7-9-22/h4-17H,1,18-20H2,2-3H3. The van der Waals surface area contributed by atoms with Gasteiger partial charge in [0.2, 0.25) is 10.0 Å². The van der Waals surface area contributed by atoms with Crippen LogP contribution in [0.1, 0.15) is 27.0 Å². The van der Waals surface area contributed by atoms with Gasteiger partial charge in [0.25, 0.3) is 5.91 Å². The molecule has 0 atom stereocenters. The first-order valence-electron chi connectivity index (χ1n) is 10.4. The summed E-state index contributed by atoms with van der Waals surface area (Å²) in [4.78, 5) is 14.7. The molecule has 166 valence electrons. The molecule has 0 fully saturated rings. The van der Waals surface area contributed by atoms with E-state index in [1.807, 2.05) is 37.3 Å². The molecule has 0 aliphatic carbocycles. The number of hydrogen-bond acceptors (Lipinski definition) is 3. The summed E-state index contributed by atoms with van der Waals surface area (Å²) >= 11 is 0. The number of rotatable bonds is 9. The molecule has 6 heteroatoms. The SMILES string of the molecule is C=CCN(Cc1ccc(C(=O)N(C)Cc2ccccc2)cc1)S(=O)(=O)c1ccc(C)cc1. The highest BCUT2D eigenvalue weighted by atomic mass is 32.2. The predicted molar refractivity (Wildman–Crippen MR) is 128 cm³/mol. The van der Waals surface area contributed by atoms with Gasteiger partial charge >= 0.3 is 0 Å². The van der Waals surface area contributed by atoms with Gasteiger partial charge in [-0.05, 0) is 42.3 Å². The zero-order valence-electron chi connectivity index (χ0n) is 18.4. The van der Waals surface area contributed by atoms with Gasteiger partial charge in [-0.2, -0.15) is 4.31 Å². The van der Waals surface area contributed by atoms with Crippen molar-refractivity contribution in [3.8, 4) is 0 Å². The maximum Gasteiger partial charge on any atom is 0.253 e. The van der Waals surface area contributed by atoms with Gasteiger partial charge in [-0.3, -0.25) is 4.79 Å². The lowest BCUT2D eigenvalue weighted by Crippen LogP contribution is -2.31. The fourth-order valence-electron chi connectivity index (χ4n) is 3.36. The van der Waals surface area contributed by atoms with Gasteiger partial charge in [-0.25, -0.2) is 8.42 Å². The number of carbonyl (C=O) groups is 1. The molecule has 0 saturated heterocycles. The molecule has 0 N–H and O–H groups in total. The van der Waals surface area contributed by atoms with E-state index in [4.69, 9.17) is 0 Å². The molecule has 32 heavy (non-hydrogen) atoms. The highest BCUT2D eigenvalue weighted by Crippen LogP contribution is 2.20. The van der Waals surface area contributed by atoms with E-state index in [1.165, 1.54) is 4.31 Å². The van der Waals surface area contributed by atoms with Crippen LogP contribution in [0.15, 0.2) is 96.4 Å². The average molecular weight is 449 g/mol. The van der Waals surface area contributed by atoms with Crippen molar-refractivity contribution in [3.05, 3.63) is 114 Å². The van der Waals surface area contributed by atoms with Crippen LogP contribution in [-0.2, 0) is 23.1 Å². The van der Waals surface area contributed by atoms with E-state index in [-0.39, 0.29) is 23.9 Å². The Kier molecular flexibility index (Phi) is 7.62. The molecule has 5 nitrogen and oxygen atoms in total. The van der Waals surface area contributed by atoms with Gasteiger partial charge in [0.05, 0.1) is 4.90 Å². The molecule has 3 rings (SSSR count). The lowest BCUT2D eigenvalue weighted by Gasteiger charge is -2.21. The number of benzene rings is 3. The van der Waals surface area contributed by atoms with Gasteiger partial charge in [0.1, 0.15) is 0 Å². The third-order valence-electron chi connectivity index (χ3n) is 5.16. The third-order valence-corrected chi connectivity index (χ3v) is 6.99. The average Bonchev–Trinajstić information content (AvgIpc) is 2.79. The second-order valence-corrected chi connectivity index (χ2v) is 9.68. The summed E-state index contributed by atoms with van der Waals surface area (Å²) in [6, 6.07) is 23.7. The van der Waals surface area contributed by atoms with E-state index in [9.17, 15) is 13.2 Å². The lowest BCUT2D eigenvalue weighted by molar-refractivity contribution is 0.0785. The number of carbonyl (C=O) groups excluding carboxylic acids is 1. The maximum absolute atomic E-state index is 13.1. The minimum Gasteiger partial charge on any atom is -0.337 e. The van der Waals surface area contributed by atoms with Crippen molar-refractivity contribution in [1.29, 1.82) is 0 Å². The zero-order valence-corrected chi connectivity index (χ0v) is 19.3. The summed E-state index contributed by atoms with van der Waals surface area (Å²) in [6.45, 7) is 6.51. The van der Waals surface area contributed by atoms with Crippen LogP contribution >= 0.6 is 0 Å². The van der Waals surface area contributed by atoms with E-state index < -0.39 is 10.0 Å². The molecule has 3 aromatic rings. The molecular formula is C26H28N2O3S. The summed E-state index contributed by atoms with van der Waals surface area (Å²) in [5.74, 6) is -0.0874. The fraction of sp³-hybridized carbons (Fsp3) is 0.192. The molecule has 0 unspecified atom stereocenters. The zero-order chi connectivity index (χ0) is 23.1. The van der Waals surface area contributed by atoms with E-state index in [0.29, 0.717) is 12.1 Å². The minimum atomic E-state index is -3.67.